The second kappa shape index (κ2) is 8.10. The van der Waals surface area contributed by atoms with Crippen LogP contribution in [0.3, 0.4) is 0 Å². The third-order valence-electron chi connectivity index (χ3n) is 4.56. The quantitative estimate of drug-likeness (QED) is 0.644. The molecular formula is C18H19F2N5OS. The minimum absolute atomic E-state index is 0.200. The molecule has 1 fully saturated rings. The average molecular weight is 391 g/mol. The molecule has 142 valence electrons. The summed E-state index contributed by atoms with van der Waals surface area (Å²) >= 11 is 1.48. The van der Waals surface area contributed by atoms with Gasteiger partial charge < -0.3 is 9.64 Å². The number of piperazine rings is 1. The molecule has 2 aromatic heterocycles. The standard InChI is InChI=1S/C18H19F2N5OS/c19-17(20)10-26-18-15-7-14(1-2-16(15)21-12-22-18)25-5-3-24(4-6-25)9-13-8-23-27-11-13/h1-2,7-8,11-12,17H,3-6,9-10H2. The molecule has 3 heterocycles. The van der Waals surface area contributed by atoms with Gasteiger partial charge in [-0.2, -0.15) is 0 Å². The lowest BCUT2D eigenvalue weighted by molar-refractivity contribution is 0.0804. The van der Waals surface area contributed by atoms with Gasteiger partial charge in [-0.1, -0.05) is 0 Å². The molecule has 4 rings (SSSR count). The first-order valence-electron chi connectivity index (χ1n) is 8.70. The first kappa shape index (κ1) is 18.0. The number of alkyl halides is 2. The Morgan fingerprint density at radius 2 is 2.00 bits per heavy atom. The summed E-state index contributed by atoms with van der Waals surface area (Å²) in [6.07, 6.45) is 0.715. The van der Waals surface area contributed by atoms with Crippen LogP contribution in [0, 0.1) is 0 Å². The molecule has 0 aliphatic carbocycles. The molecule has 0 amide bonds. The van der Waals surface area contributed by atoms with E-state index in [-0.39, 0.29) is 5.88 Å². The highest BCUT2D eigenvalue weighted by atomic mass is 32.1. The summed E-state index contributed by atoms with van der Waals surface area (Å²) in [5.41, 5.74) is 2.95. The van der Waals surface area contributed by atoms with E-state index in [9.17, 15) is 8.78 Å². The van der Waals surface area contributed by atoms with Crippen molar-refractivity contribution < 1.29 is 13.5 Å². The summed E-state index contributed by atoms with van der Waals surface area (Å²) in [5.74, 6) is 0.200. The Labute approximate surface area is 159 Å². The molecule has 9 heteroatoms. The number of ether oxygens (including phenoxy) is 1. The zero-order valence-corrected chi connectivity index (χ0v) is 15.4. The van der Waals surface area contributed by atoms with Crippen LogP contribution in [-0.4, -0.2) is 58.5 Å². The van der Waals surface area contributed by atoms with E-state index in [0.717, 1.165) is 38.4 Å². The van der Waals surface area contributed by atoms with Gasteiger partial charge in [-0.05, 0) is 35.3 Å². The first-order valence-corrected chi connectivity index (χ1v) is 9.54. The van der Waals surface area contributed by atoms with Crippen LogP contribution in [0.1, 0.15) is 5.56 Å². The summed E-state index contributed by atoms with van der Waals surface area (Å²) in [6.45, 7) is 3.93. The maximum Gasteiger partial charge on any atom is 0.272 e. The van der Waals surface area contributed by atoms with Gasteiger partial charge in [-0.25, -0.2) is 23.1 Å². The second-order valence-electron chi connectivity index (χ2n) is 6.38. The lowest BCUT2D eigenvalue weighted by Crippen LogP contribution is -2.45. The van der Waals surface area contributed by atoms with E-state index < -0.39 is 13.0 Å². The predicted octanol–water partition coefficient (Wildman–Crippen LogP) is 3.05. The Hall–Kier alpha value is -2.39. The Kier molecular flexibility index (Phi) is 5.40. The topological polar surface area (TPSA) is 54.4 Å². The van der Waals surface area contributed by atoms with Crippen molar-refractivity contribution in [2.24, 2.45) is 0 Å². The van der Waals surface area contributed by atoms with E-state index in [0.29, 0.717) is 10.9 Å². The molecule has 1 aliphatic heterocycles. The lowest BCUT2D eigenvalue weighted by Gasteiger charge is -2.36. The maximum absolute atomic E-state index is 12.5. The van der Waals surface area contributed by atoms with E-state index >= 15 is 0 Å². The highest BCUT2D eigenvalue weighted by Gasteiger charge is 2.19. The fourth-order valence-electron chi connectivity index (χ4n) is 3.20. The van der Waals surface area contributed by atoms with Crippen LogP contribution in [0.4, 0.5) is 14.5 Å². The van der Waals surface area contributed by atoms with Crippen LogP contribution in [0.15, 0.2) is 36.1 Å². The van der Waals surface area contributed by atoms with Gasteiger partial charge in [0.15, 0.2) is 6.61 Å². The Morgan fingerprint density at radius 1 is 1.15 bits per heavy atom. The molecule has 0 bridgehead atoms. The van der Waals surface area contributed by atoms with Gasteiger partial charge in [-0.3, -0.25) is 4.90 Å². The van der Waals surface area contributed by atoms with Gasteiger partial charge in [0.25, 0.3) is 6.43 Å². The molecule has 1 saturated heterocycles. The SMILES string of the molecule is FC(F)COc1ncnc2ccc(N3CCN(Cc4cnsc4)CC3)cc12. The van der Waals surface area contributed by atoms with Crippen molar-refractivity contribution in [2.75, 3.05) is 37.7 Å². The van der Waals surface area contributed by atoms with E-state index in [1.807, 2.05) is 24.4 Å². The summed E-state index contributed by atoms with van der Waals surface area (Å²) < 4.78 is 34.3. The molecule has 1 aromatic carbocycles. The van der Waals surface area contributed by atoms with E-state index in [1.54, 1.807) is 0 Å². The van der Waals surface area contributed by atoms with Crippen molar-refractivity contribution in [3.63, 3.8) is 0 Å². The smallest absolute Gasteiger partial charge is 0.272 e. The Balaban J connectivity index is 1.46. The summed E-state index contributed by atoms with van der Waals surface area (Å²) in [4.78, 5) is 12.9. The van der Waals surface area contributed by atoms with Crippen molar-refractivity contribution in [3.05, 3.63) is 41.7 Å². The number of nitrogens with zero attached hydrogens (tertiary/aromatic N) is 5. The molecule has 0 saturated carbocycles. The van der Waals surface area contributed by atoms with E-state index in [1.165, 1.54) is 23.4 Å². The van der Waals surface area contributed by atoms with Crippen molar-refractivity contribution in [3.8, 4) is 5.88 Å². The zero-order valence-electron chi connectivity index (χ0n) is 14.6. The van der Waals surface area contributed by atoms with Crippen molar-refractivity contribution >= 4 is 28.1 Å². The van der Waals surface area contributed by atoms with Crippen LogP contribution in [0.25, 0.3) is 10.9 Å². The number of anilines is 1. The highest BCUT2D eigenvalue weighted by molar-refractivity contribution is 7.03. The van der Waals surface area contributed by atoms with Gasteiger partial charge in [0.2, 0.25) is 5.88 Å². The largest absolute Gasteiger partial charge is 0.471 e. The Morgan fingerprint density at radius 3 is 2.74 bits per heavy atom. The van der Waals surface area contributed by atoms with Gasteiger partial charge in [0.05, 0.1) is 10.9 Å². The predicted molar refractivity (Wildman–Crippen MR) is 101 cm³/mol. The fourth-order valence-corrected chi connectivity index (χ4v) is 3.73. The van der Waals surface area contributed by atoms with Crippen molar-refractivity contribution in [1.82, 2.24) is 19.2 Å². The van der Waals surface area contributed by atoms with Crippen LogP contribution in [0.5, 0.6) is 5.88 Å². The number of hydrogen-bond acceptors (Lipinski definition) is 7. The maximum atomic E-state index is 12.5. The average Bonchev–Trinajstić information content (AvgIpc) is 3.19. The second-order valence-corrected chi connectivity index (χ2v) is 7.04. The van der Waals surface area contributed by atoms with Crippen LogP contribution in [-0.2, 0) is 6.54 Å². The molecule has 27 heavy (non-hydrogen) atoms. The van der Waals surface area contributed by atoms with Gasteiger partial charge >= 0.3 is 0 Å². The molecule has 0 atom stereocenters. The molecular weight excluding hydrogens is 372 g/mol. The molecule has 0 spiro atoms. The molecule has 6 nitrogen and oxygen atoms in total. The number of fused-ring (bicyclic) bond motifs is 1. The van der Waals surface area contributed by atoms with E-state index in [4.69, 9.17) is 4.74 Å². The molecule has 0 radical (unpaired) electrons. The van der Waals surface area contributed by atoms with Crippen LogP contribution in [0.2, 0.25) is 0 Å². The Bertz CT molecular complexity index is 885. The van der Waals surface area contributed by atoms with Crippen LogP contribution >= 0.6 is 11.5 Å². The van der Waals surface area contributed by atoms with Crippen molar-refractivity contribution in [2.45, 2.75) is 13.0 Å². The summed E-state index contributed by atoms with van der Waals surface area (Å²) in [7, 11) is 0. The lowest BCUT2D eigenvalue weighted by atomic mass is 10.2. The monoisotopic (exact) mass is 391 g/mol. The van der Waals surface area contributed by atoms with Gasteiger partial charge in [0.1, 0.15) is 6.33 Å². The first-order chi connectivity index (χ1) is 13.2. The van der Waals surface area contributed by atoms with Crippen LogP contribution < -0.4 is 9.64 Å². The normalized spacial score (nSPS) is 15.6. The minimum Gasteiger partial charge on any atom is -0.471 e. The molecule has 0 unspecified atom stereocenters. The number of aromatic nitrogens is 3. The number of hydrogen-bond donors (Lipinski definition) is 0. The van der Waals surface area contributed by atoms with E-state index in [2.05, 4.69) is 29.5 Å². The minimum atomic E-state index is -2.54. The van der Waals surface area contributed by atoms with Crippen molar-refractivity contribution in [1.29, 1.82) is 0 Å². The third kappa shape index (κ3) is 4.30. The number of benzene rings is 1. The number of halogens is 2. The highest BCUT2D eigenvalue weighted by Crippen LogP contribution is 2.27. The third-order valence-corrected chi connectivity index (χ3v) is 5.19. The van der Waals surface area contributed by atoms with Gasteiger partial charge in [-0.15, -0.1) is 0 Å². The zero-order chi connectivity index (χ0) is 18.6. The fraction of sp³-hybridized carbons (Fsp3) is 0.389. The molecule has 3 aromatic rings. The summed E-state index contributed by atoms with van der Waals surface area (Å²) in [6, 6.07) is 5.81. The summed E-state index contributed by atoms with van der Waals surface area (Å²) in [5, 5.41) is 2.74. The molecule has 0 N–H and O–H groups in total. The number of rotatable bonds is 6. The molecule has 1 aliphatic rings. The van der Waals surface area contributed by atoms with Gasteiger partial charge in [0, 0.05) is 50.0 Å².